The number of pyridine rings is 1. The summed E-state index contributed by atoms with van der Waals surface area (Å²) in [6, 6.07) is 12.5. The van der Waals surface area contributed by atoms with E-state index in [2.05, 4.69) is 53.1 Å². The number of aryl methyl sites for hydroxylation is 1. The van der Waals surface area contributed by atoms with Crippen molar-refractivity contribution in [2.75, 3.05) is 11.9 Å². The Balaban J connectivity index is 1.74. The van der Waals surface area contributed by atoms with Gasteiger partial charge in [-0.25, -0.2) is 0 Å². The van der Waals surface area contributed by atoms with Crippen LogP contribution in [0.2, 0.25) is 0 Å². The molecular formula is C23H23N3O. The Morgan fingerprint density at radius 3 is 3.04 bits per heavy atom. The number of ether oxygens (including phenoxy) is 1. The fourth-order valence-corrected chi connectivity index (χ4v) is 3.41. The number of allylic oxidation sites excluding steroid dienone is 1. The molecular weight excluding hydrogens is 334 g/mol. The van der Waals surface area contributed by atoms with Crippen LogP contribution in [0.4, 0.5) is 5.69 Å². The fourth-order valence-electron chi connectivity index (χ4n) is 3.41. The lowest BCUT2D eigenvalue weighted by Gasteiger charge is -2.18. The van der Waals surface area contributed by atoms with Gasteiger partial charge in [0, 0.05) is 51.7 Å². The molecule has 0 spiro atoms. The van der Waals surface area contributed by atoms with E-state index < -0.39 is 0 Å². The highest BCUT2D eigenvalue weighted by Gasteiger charge is 2.11. The maximum absolute atomic E-state index is 5.79. The first-order chi connectivity index (χ1) is 13.2. The van der Waals surface area contributed by atoms with Gasteiger partial charge >= 0.3 is 0 Å². The first kappa shape index (κ1) is 17.2. The maximum atomic E-state index is 5.79. The van der Waals surface area contributed by atoms with E-state index in [1.54, 1.807) is 12.3 Å². The molecule has 0 radical (unpaired) electrons. The predicted molar refractivity (Wildman–Crippen MR) is 111 cm³/mol. The van der Waals surface area contributed by atoms with Gasteiger partial charge in [0.25, 0.3) is 0 Å². The molecule has 4 nitrogen and oxygen atoms in total. The molecule has 0 atom stereocenters. The van der Waals surface area contributed by atoms with Gasteiger partial charge in [0.2, 0.25) is 0 Å². The molecule has 2 aromatic heterocycles. The molecule has 3 heterocycles. The summed E-state index contributed by atoms with van der Waals surface area (Å²) < 4.78 is 5.79. The second-order valence-electron chi connectivity index (χ2n) is 6.68. The Hall–Kier alpha value is -3.27. The Labute approximate surface area is 158 Å². The Morgan fingerprint density at radius 1 is 1.30 bits per heavy atom. The number of aromatic amines is 1. The zero-order valence-electron chi connectivity index (χ0n) is 15.5. The second kappa shape index (κ2) is 7.54. The van der Waals surface area contributed by atoms with E-state index in [4.69, 9.17) is 4.74 Å². The molecule has 1 aromatic carbocycles. The molecule has 3 aromatic rings. The van der Waals surface area contributed by atoms with Crippen molar-refractivity contribution in [1.82, 2.24) is 9.97 Å². The summed E-state index contributed by atoms with van der Waals surface area (Å²) in [5.41, 5.74) is 5.45. The zero-order valence-corrected chi connectivity index (χ0v) is 15.5. The molecule has 136 valence electrons. The number of benzene rings is 1. The van der Waals surface area contributed by atoms with Crippen LogP contribution < -0.4 is 20.6 Å². The number of hydrogen-bond donors (Lipinski definition) is 2. The van der Waals surface area contributed by atoms with Crippen LogP contribution in [-0.2, 0) is 6.42 Å². The van der Waals surface area contributed by atoms with E-state index in [-0.39, 0.29) is 0 Å². The third-order valence-corrected chi connectivity index (χ3v) is 4.76. The summed E-state index contributed by atoms with van der Waals surface area (Å²) in [5.74, 6) is 0.988. The molecule has 0 saturated heterocycles. The number of aromatic nitrogens is 2. The molecule has 0 amide bonds. The molecule has 0 unspecified atom stereocenters. The van der Waals surface area contributed by atoms with Crippen LogP contribution in [0.3, 0.4) is 0 Å². The van der Waals surface area contributed by atoms with Gasteiger partial charge < -0.3 is 15.0 Å². The molecule has 4 heteroatoms. The van der Waals surface area contributed by atoms with Crippen molar-refractivity contribution >= 4 is 17.5 Å². The van der Waals surface area contributed by atoms with Gasteiger partial charge in [-0.2, -0.15) is 0 Å². The van der Waals surface area contributed by atoms with Gasteiger partial charge in [-0.05, 0) is 55.7 Å². The van der Waals surface area contributed by atoms with Gasteiger partial charge in [0.05, 0.1) is 6.61 Å². The van der Waals surface area contributed by atoms with Gasteiger partial charge in [-0.1, -0.05) is 18.7 Å². The van der Waals surface area contributed by atoms with E-state index in [0.717, 1.165) is 58.4 Å². The lowest BCUT2D eigenvalue weighted by Crippen LogP contribution is -2.26. The SMILES string of the molecule is C=C/C=c1/[nH]c(-c2cccnc2)c/c1=C(/C)Nc1ccc2c(c1)OCCC2. The quantitative estimate of drug-likeness (QED) is 0.750. The largest absolute Gasteiger partial charge is 0.493 e. The molecule has 0 aliphatic carbocycles. The molecule has 0 saturated carbocycles. The molecule has 1 aliphatic rings. The molecule has 0 fully saturated rings. The van der Waals surface area contributed by atoms with E-state index in [9.17, 15) is 0 Å². The Morgan fingerprint density at radius 2 is 2.22 bits per heavy atom. The Kier molecular flexibility index (Phi) is 4.79. The fraction of sp³-hybridized carbons (Fsp3) is 0.174. The molecule has 2 N–H and O–H groups in total. The van der Waals surface area contributed by atoms with Crippen molar-refractivity contribution in [3.05, 3.63) is 77.6 Å². The maximum Gasteiger partial charge on any atom is 0.124 e. The summed E-state index contributed by atoms with van der Waals surface area (Å²) >= 11 is 0. The minimum absolute atomic E-state index is 0.796. The van der Waals surface area contributed by atoms with Crippen molar-refractivity contribution in [1.29, 1.82) is 0 Å². The summed E-state index contributed by atoms with van der Waals surface area (Å²) in [4.78, 5) is 7.68. The van der Waals surface area contributed by atoms with Gasteiger partial charge in [0.1, 0.15) is 5.75 Å². The average molecular weight is 357 g/mol. The first-order valence-electron chi connectivity index (χ1n) is 9.20. The van der Waals surface area contributed by atoms with Gasteiger partial charge in [-0.3, -0.25) is 4.98 Å². The van der Waals surface area contributed by atoms with Crippen molar-refractivity contribution in [3.63, 3.8) is 0 Å². The van der Waals surface area contributed by atoms with Crippen LogP contribution in [0.25, 0.3) is 23.0 Å². The number of anilines is 1. The molecule has 4 rings (SSSR count). The van der Waals surface area contributed by atoms with Crippen molar-refractivity contribution in [3.8, 4) is 17.0 Å². The lowest BCUT2D eigenvalue weighted by atomic mass is 10.1. The predicted octanol–water partition coefficient (Wildman–Crippen LogP) is 3.61. The van der Waals surface area contributed by atoms with Crippen LogP contribution in [0.15, 0.2) is 61.4 Å². The van der Waals surface area contributed by atoms with Crippen LogP contribution in [0.1, 0.15) is 18.9 Å². The standard InChI is InChI=1S/C23H23N3O/c1-3-6-21-20(14-22(26-21)18-7-4-11-24-15-18)16(2)25-19-10-9-17-8-5-12-27-23(17)13-19/h3-4,6-7,9-11,13-15,25-26H,1,5,8,12H2,2H3/b20-16+,21-6+. The van der Waals surface area contributed by atoms with Crippen LogP contribution in [0.5, 0.6) is 5.75 Å². The van der Waals surface area contributed by atoms with E-state index >= 15 is 0 Å². The van der Waals surface area contributed by atoms with Gasteiger partial charge in [0.15, 0.2) is 0 Å². The van der Waals surface area contributed by atoms with Crippen LogP contribution in [-0.4, -0.2) is 16.6 Å². The van der Waals surface area contributed by atoms with Crippen molar-refractivity contribution < 1.29 is 4.74 Å². The summed E-state index contributed by atoms with van der Waals surface area (Å²) in [6.45, 7) is 6.71. The third kappa shape index (κ3) is 3.65. The second-order valence-corrected chi connectivity index (χ2v) is 6.68. The van der Waals surface area contributed by atoms with E-state index in [1.165, 1.54) is 5.56 Å². The monoisotopic (exact) mass is 357 g/mol. The smallest absolute Gasteiger partial charge is 0.124 e. The highest BCUT2D eigenvalue weighted by molar-refractivity contribution is 5.68. The number of hydrogen-bond acceptors (Lipinski definition) is 3. The van der Waals surface area contributed by atoms with Crippen LogP contribution >= 0.6 is 0 Å². The summed E-state index contributed by atoms with van der Waals surface area (Å²) in [7, 11) is 0. The van der Waals surface area contributed by atoms with Crippen molar-refractivity contribution in [2.24, 2.45) is 0 Å². The summed E-state index contributed by atoms with van der Waals surface area (Å²) in [6.07, 6.45) is 9.59. The zero-order chi connectivity index (χ0) is 18.6. The highest BCUT2D eigenvalue weighted by Crippen LogP contribution is 2.28. The molecule has 0 bridgehead atoms. The number of rotatable bonds is 4. The number of H-pyrrole nitrogens is 1. The Bertz CT molecular complexity index is 1080. The van der Waals surface area contributed by atoms with Crippen molar-refractivity contribution in [2.45, 2.75) is 19.8 Å². The third-order valence-electron chi connectivity index (χ3n) is 4.76. The number of fused-ring (bicyclic) bond motifs is 1. The topological polar surface area (TPSA) is 49.9 Å². The van der Waals surface area contributed by atoms with E-state index in [1.807, 2.05) is 24.4 Å². The van der Waals surface area contributed by atoms with Crippen LogP contribution in [0, 0.1) is 0 Å². The molecule has 27 heavy (non-hydrogen) atoms. The lowest BCUT2D eigenvalue weighted by molar-refractivity contribution is 0.288. The van der Waals surface area contributed by atoms with E-state index in [0.29, 0.717) is 0 Å². The normalized spacial score (nSPS) is 14.9. The first-order valence-corrected chi connectivity index (χ1v) is 9.20. The number of nitrogens with zero attached hydrogens (tertiary/aromatic N) is 1. The minimum Gasteiger partial charge on any atom is -0.493 e. The minimum atomic E-state index is 0.796. The highest BCUT2D eigenvalue weighted by atomic mass is 16.5. The molecule has 1 aliphatic heterocycles. The average Bonchev–Trinajstić information content (AvgIpc) is 3.13. The summed E-state index contributed by atoms with van der Waals surface area (Å²) in [5, 5.41) is 5.64. The number of nitrogens with one attached hydrogen (secondary N) is 2. The van der Waals surface area contributed by atoms with Gasteiger partial charge in [-0.15, -0.1) is 0 Å².